The van der Waals surface area contributed by atoms with Crippen molar-refractivity contribution in [1.29, 1.82) is 0 Å². The van der Waals surface area contributed by atoms with E-state index in [1.807, 2.05) is 44.2 Å². The van der Waals surface area contributed by atoms with Gasteiger partial charge in [-0.05, 0) is 78.8 Å². The summed E-state index contributed by atoms with van der Waals surface area (Å²) < 4.78 is 65.4. The van der Waals surface area contributed by atoms with E-state index in [0.29, 0.717) is 89.1 Å². The van der Waals surface area contributed by atoms with Crippen LogP contribution in [0.25, 0.3) is 17.4 Å². The van der Waals surface area contributed by atoms with E-state index in [1.54, 1.807) is 13.2 Å². The molecule has 1 aromatic heterocycles. The van der Waals surface area contributed by atoms with E-state index in [4.69, 9.17) is 28.2 Å². The number of carbonyl (C=O) groups excluding carboxylic acids is 1. The fraction of sp³-hybridized carbons (Fsp3) is 0.469. The molecule has 354 valence electrons. The van der Waals surface area contributed by atoms with Crippen LogP contribution in [0, 0.1) is 0 Å². The Bertz CT molecular complexity index is 2440. The number of fused-ring (bicyclic) bond motifs is 2. The molecule has 0 saturated carbocycles. The molecule has 0 fully saturated rings. The molecule has 0 amide bonds. The minimum Gasteiger partial charge on any atom is -0.492 e. The number of carbonyl (C=O) groups is 1. The quantitative estimate of drug-likeness (QED) is 0.0281. The molecule has 0 radical (unpaired) electrons. The number of allylic oxidation sites excluding steroid dienone is 5. The highest BCUT2D eigenvalue weighted by atomic mass is 32.2. The first-order valence-electron chi connectivity index (χ1n) is 22.1. The molecule has 2 aliphatic heterocycles. The lowest BCUT2D eigenvalue weighted by molar-refractivity contribution is -0.145. The summed E-state index contributed by atoms with van der Waals surface area (Å²) >= 11 is 0. The van der Waals surface area contributed by atoms with Gasteiger partial charge in [0.1, 0.15) is 24.7 Å². The zero-order valence-corrected chi connectivity index (χ0v) is 39.6. The number of ether oxygens (including phenoxy) is 4. The normalized spacial score (nSPS) is 15.2. The van der Waals surface area contributed by atoms with Crippen LogP contribution in [0.5, 0.6) is 11.8 Å². The zero-order valence-electron chi connectivity index (χ0n) is 38.7. The molecule has 15 nitrogen and oxygen atoms in total. The number of benzene rings is 2. The lowest BCUT2D eigenvalue weighted by atomic mass is 9.83. The van der Waals surface area contributed by atoms with Crippen LogP contribution < -0.4 is 19.7 Å². The standard InChI is InChI=1S/C49H65N3O12S/c1-8-50(25-26-60-29-30-62-32-31-61-28-27-59-7)36-18-20-39-40(48(2,3)4)34-37(63-43(39)33-36)15-11-9-12-16-44-49(5,6)41-35-38(65(56,57)58)19-21-42(41)51(44)24-14-10-13-17-47(55)64-52-45(53)22-23-46(52)54/h9,11-12,15-16,18-23,33-35H,8,10,13-14,17,24-32H2,1-7H3,(H2-,53,54,56,57,58)/p+1. The number of hydrogen-bond acceptors (Lipinski definition) is 12. The van der Waals surface area contributed by atoms with Crippen molar-refractivity contribution in [3.05, 3.63) is 107 Å². The number of methoxy groups -OCH3 is 1. The smallest absolute Gasteiger partial charge is 0.333 e. The molecule has 0 atom stereocenters. The van der Waals surface area contributed by atoms with Gasteiger partial charge in [0.2, 0.25) is 17.1 Å². The molecule has 65 heavy (non-hydrogen) atoms. The second-order valence-corrected chi connectivity index (χ2v) is 18.7. The summed E-state index contributed by atoms with van der Waals surface area (Å²) in [7, 11) is -2.78. The summed E-state index contributed by atoms with van der Waals surface area (Å²) in [4.78, 5) is 19.4. The number of aromatic hydroxyl groups is 2. The lowest BCUT2D eigenvalue weighted by Gasteiger charge is -2.27. The Labute approximate surface area is 382 Å². The average molecular weight is 921 g/mol. The minimum absolute atomic E-state index is 0.0775. The Morgan fingerprint density at radius 1 is 0.846 bits per heavy atom. The molecular weight excluding hydrogens is 855 g/mol. The van der Waals surface area contributed by atoms with Crippen molar-refractivity contribution in [3.63, 3.8) is 0 Å². The van der Waals surface area contributed by atoms with Crippen LogP contribution in [-0.4, -0.2) is 107 Å². The van der Waals surface area contributed by atoms with Gasteiger partial charge in [-0.2, -0.15) is 8.42 Å². The largest absolute Gasteiger partial charge is 0.492 e. The second-order valence-electron chi connectivity index (χ2n) is 17.2. The third kappa shape index (κ3) is 13.9. The summed E-state index contributed by atoms with van der Waals surface area (Å²) in [5.74, 6) is 0.121. The van der Waals surface area contributed by atoms with Crippen molar-refractivity contribution in [2.45, 2.75) is 83.0 Å². The van der Waals surface area contributed by atoms with Gasteiger partial charge in [-0.1, -0.05) is 59.3 Å². The molecule has 0 bridgehead atoms. The van der Waals surface area contributed by atoms with Crippen LogP contribution in [0.15, 0.2) is 93.9 Å². The van der Waals surface area contributed by atoms with Crippen LogP contribution >= 0.6 is 0 Å². The van der Waals surface area contributed by atoms with Crippen LogP contribution in [0.3, 0.4) is 0 Å². The van der Waals surface area contributed by atoms with Crippen molar-refractivity contribution < 1.29 is 56.2 Å². The van der Waals surface area contributed by atoms with Gasteiger partial charge in [0.25, 0.3) is 10.1 Å². The van der Waals surface area contributed by atoms with Gasteiger partial charge in [-0.25, -0.2) is 9.37 Å². The van der Waals surface area contributed by atoms with Crippen molar-refractivity contribution in [2.75, 3.05) is 77.9 Å². The number of rotatable bonds is 24. The molecule has 3 heterocycles. The number of nitrogens with zero attached hydrogens (tertiary/aromatic N) is 3. The van der Waals surface area contributed by atoms with E-state index in [0.717, 1.165) is 45.7 Å². The monoisotopic (exact) mass is 920 g/mol. The van der Waals surface area contributed by atoms with Crippen LogP contribution in [0.2, 0.25) is 0 Å². The molecular formula is C49H66N3O12S+. The van der Waals surface area contributed by atoms with E-state index >= 15 is 0 Å². The average Bonchev–Trinajstić information content (AvgIpc) is 3.68. The molecule has 16 heteroatoms. The van der Waals surface area contributed by atoms with E-state index in [2.05, 4.69) is 61.4 Å². The maximum atomic E-state index is 12.4. The summed E-state index contributed by atoms with van der Waals surface area (Å²) in [6.45, 7) is 18.5. The third-order valence-electron chi connectivity index (χ3n) is 11.2. The van der Waals surface area contributed by atoms with E-state index in [1.165, 1.54) is 24.3 Å². The van der Waals surface area contributed by atoms with Gasteiger partial charge in [0.15, 0.2) is 6.54 Å². The van der Waals surface area contributed by atoms with Gasteiger partial charge < -0.3 is 43.3 Å². The van der Waals surface area contributed by atoms with E-state index in [9.17, 15) is 28.0 Å². The Hall–Kier alpha value is -5.23. The van der Waals surface area contributed by atoms with Crippen molar-refractivity contribution in [3.8, 4) is 23.1 Å². The molecule has 3 N–H and O–H groups in total. The van der Waals surface area contributed by atoms with Crippen molar-refractivity contribution >= 4 is 27.9 Å². The fourth-order valence-electron chi connectivity index (χ4n) is 7.70. The predicted octanol–water partition coefficient (Wildman–Crippen LogP) is 7.10. The van der Waals surface area contributed by atoms with Gasteiger partial charge >= 0.3 is 5.97 Å². The van der Waals surface area contributed by atoms with Gasteiger partial charge in [0.05, 0.1) is 50.6 Å². The van der Waals surface area contributed by atoms with E-state index in [-0.39, 0.29) is 28.5 Å². The summed E-state index contributed by atoms with van der Waals surface area (Å²) in [5, 5.41) is 20.6. The Kier molecular flexibility index (Phi) is 18.2. The molecule has 2 aromatic rings. The summed E-state index contributed by atoms with van der Waals surface area (Å²) in [6, 6.07) is 15.5. The number of likely N-dealkylation sites (N-methyl/N-ethyl adjacent to an activating group) is 1. The Morgan fingerprint density at radius 3 is 2.17 bits per heavy atom. The predicted molar refractivity (Wildman–Crippen MR) is 250 cm³/mol. The highest BCUT2D eigenvalue weighted by molar-refractivity contribution is 7.85. The maximum Gasteiger partial charge on any atom is 0.333 e. The fourth-order valence-corrected chi connectivity index (χ4v) is 8.21. The summed E-state index contributed by atoms with van der Waals surface area (Å²) in [5.41, 5.74) is 3.96. The Morgan fingerprint density at radius 2 is 1.52 bits per heavy atom. The highest BCUT2D eigenvalue weighted by Gasteiger charge is 2.40. The minimum atomic E-state index is -4.43. The van der Waals surface area contributed by atoms with E-state index < -0.39 is 21.5 Å². The molecule has 0 unspecified atom stereocenters. The molecule has 1 aliphatic carbocycles. The number of anilines is 1. The van der Waals surface area contributed by atoms with Gasteiger partial charge in [0, 0.05) is 60.6 Å². The van der Waals surface area contributed by atoms with Gasteiger partial charge in [-0.15, -0.1) is 4.73 Å². The Balaban J connectivity index is 1.29. The number of unbranched alkanes of at least 4 members (excludes halogenated alkanes) is 2. The highest BCUT2D eigenvalue weighted by Crippen LogP contribution is 2.48. The maximum absolute atomic E-state index is 12.4. The first-order chi connectivity index (χ1) is 30.9. The van der Waals surface area contributed by atoms with Crippen molar-refractivity contribution in [1.82, 2.24) is 9.31 Å². The first-order valence-corrected chi connectivity index (χ1v) is 23.5. The molecule has 5 rings (SSSR count). The number of aromatic nitrogens is 1. The third-order valence-corrected chi connectivity index (χ3v) is 12.0. The first kappa shape index (κ1) is 50.8. The van der Waals surface area contributed by atoms with Crippen LogP contribution in [-0.2, 0) is 44.7 Å². The van der Waals surface area contributed by atoms with Crippen LogP contribution in [0.1, 0.15) is 84.1 Å². The molecule has 3 aliphatic rings. The topological polar surface area (TPSA) is 182 Å². The SMILES string of the molecule is CC[N+](CCOCCOCCOCCOC)=c1ccc2c(C(C)(C)C)cc(C=CC=CC=C3N(CCCCCC(=O)On4c(O)ccc4O)c4ccc(S(=O)(=O)O)cc4C3(C)C)oc-2c1. The number of hydrogen-bond donors (Lipinski definition) is 3. The molecule has 0 saturated heterocycles. The second kappa shape index (κ2) is 23.3. The summed E-state index contributed by atoms with van der Waals surface area (Å²) in [6.07, 6.45) is 11.7. The lowest BCUT2D eigenvalue weighted by Crippen LogP contribution is -2.33. The van der Waals surface area contributed by atoms with Crippen molar-refractivity contribution in [2.24, 2.45) is 0 Å². The van der Waals surface area contributed by atoms with Gasteiger partial charge in [-0.3, -0.25) is 4.55 Å². The zero-order chi connectivity index (χ0) is 47.2. The molecule has 0 spiro atoms. The molecule has 1 aromatic carbocycles. The van der Waals surface area contributed by atoms with Crippen LogP contribution in [0.4, 0.5) is 5.69 Å².